The predicted molar refractivity (Wildman–Crippen MR) is 34.4 cm³/mol. The number of ether oxygens (including phenoxy) is 1. The fourth-order valence-electron chi connectivity index (χ4n) is 0.166. The second-order valence-electron chi connectivity index (χ2n) is 0.873. The van der Waals surface area contributed by atoms with E-state index in [1.165, 1.54) is 6.26 Å². The van der Waals surface area contributed by atoms with Crippen molar-refractivity contribution in [3.63, 3.8) is 0 Å². The normalized spacial score (nSPS) is 10.9. The molecule has 0 N–H and O–H groups in total. The first-order valence-corrected chi connectivity index (χ1v) is 2.71. The van der Waals surface area contributed by atoms with Crippen LogP contribution in [0.1, 0.15) is 0 Å². The van der Waals surface area contributed by atoms with Crippen LogP contribution in [0, 0.1) is 0 Å². The Labute approximate surface area is 58.4 Å². The molecule has 0 fully saturated rings. The van der Waals surface area contributed by atoms with Crippen LogP contribution in [0.4, 0.5) is 0 Å². The number of alkyl halides is 1. The molecule has 0 spiro atoms. The van der Waals surface area contributed by atoms with Gasteiger partial charge in [0, 0.05) is 0 Å². The van der Waals surface area contributed by atoms with E-state index in [2.05, 4.69) is 28.1 Å². The van der Waals surface area contributed by atoms with Gasteiger partial charge in [0.15, 0.2) is 5.88 Å². The molecule has 0 heterocycles. The molecule has 0 unspecified atom stereocenters. The van der Waals surface area contributed by atoms with Crippen LogP contribution in [0.2, 0.25) is 0 Å². The Hall–Kier alpha value is -0.280. The summed E-state index contributed by atoms with van der Waals surface area (Å²) in [5.41, 5.74) is 0. The molecular formula is C4H5ClO2S. The first kappa shape index (κ1) is 7.72. The Bertz CT molecular complexity index is 102. The van der Waals surface area contributed by atoms with Crippen molar-refractivity contribution in [2.45, 2.75) is 0 Å². The zero-order chi connectivity index (χ0) is 6.41. The number of esters is 1. The second-order valence-corrected chi connectivity index (χ2v) is 1.31. The van der Waals surface area contributed by atoms with Gasteiger partial charge in [-0.1, -0.05) is 0 Å². The lowest BCUT2D eigenvalue weighted by atomic mass is 10.8. The zero-order valence-corrected chi connectivity index (χ0v) is 5.67. The summed E-state index contributed by atoms with van der Waals surface area (Å²) >= 11 is 9.39. The first-order chi connectivity index (χ1) is 3.85. The minimum absolute atomic E-state index is 0.134. The first-order valence-electron chi connectivity index (χ1n) is 1.84. The molecule has 2 nitrogen and oxygen atoms in total. The van der Waals surface area contributed by atoms with Crippen LogP contribution in [0.25, 0.3) is 0 Å². The average Bonchev–Trinajstić information content (AvgIpc) is 1.83. The molecule has 46 valence electrons. The molecule has 0 aliphatic rings. The van der Waals surface area contributed by atoms with Gasteiger partial charge in [-0.15, -0.1) is 11.6 Å². The third kappa shape index (κ3) is 2.82. The van der Waals surface area contributed by atoms with E-state index in [9.17, 15) is 0 Å². The van der Waals surface area contributed by atoms with Crippen LogP contribution < -0.4 is 0 Å². The van der Waals surface area contributed by atoms with E-state index < -0.39 is 0 Å². The lowest BCUT2D eigenvalue weighted by Crippen LogP contribution is -2.02. The van der Waals surface area contributed by atoms with Gasteiger partial charge in [0.2, 0.25) is 6.26 Å². The monoisotopic (exact) mass is 152 g/mol. The standard InChI is InChI=1S/C4H5ClO2S/c1-2-6-4(3-5)7-8/h2H,1,3H2. The van der Waals surface area contributed by atoms with E-state index >= 15 is 0 Å². The van der Waals surface area contributed by atoms with Crippen LogP contribution in [-0.2, 0) is 21.5 Å². The molecule has 0 saturated heterocycles. The summed E-state index contributed by atoms with van der Waals surface area (Å²) in [5.74, 6) is 0.312. The Morgan fingerprint density at radius 2 is 2.62 bits per heavy atom. The van der Waals surface area contributed by atoms with Gasteiger partial charge >= 0.3 is 5.97 Å². The Kier molecular flexibility index (Phi) is 4.70. The lowest BCUT2D eigenvalue weighted by Gasteiger charge is -1.86. The number of hydrogen-bond donors (Lipinski definition) is 0. The van der Waals surface area contributed by atoms with Gasteiger partial charge in [0.25, 0.3) is 0 Å². The van der Waals surface area contributed by atoms with Crippen LogP contribution in [-0.4, -0.2) is 11.8 Å². The van der Waals surface area contributed by atoms with E-state index in [1.54, 1.807) is 0 Å². The highest BCUT2D eigenvalue weighted by molar-refractivity contribution is 7.50. The van der Waals surface area contributed by atoms with Crippen LogP contribution in [0.3, 0.4) is 0 Å². The SMILES string of the molecule is C=COC(CCl)=[O+][S-]. The topological polar surface area (TPSA) is 20.5 Å². The zero-order valence-electron chi connectivity index (χ0n) is 4.09. The average molecular weight is 153 g/mol. The third-order valence-electron chi connectivity index (χ3n) is 0.417. The van der Waals surface area contributed by atoms with Gasteiger partial charge < -0.3 is 16.8 Å². The lowest BCUT2D eigenvalue weighted by molar-refractivity contribution is -0.257. The molecule has 0 aromatic heterocycles. The fourth-order valence-corrected chi connectivity index (χ4v) is 0.447. The van der Waals surface area contributed by atoms with Gasteiger partial charge in [-0.05, 0) is 6.58 Å². The Balaban J connectivity index is 3.53. The predicted octanol–water partition coefficient (Wildman–Crippen LogP) is 0.909. The molecule has 0 amide bonds. The summed E-state index contributed by atoms with van der Waals surface area (Å²) in [6, 6.07) is 0. The molecular weight excluding hydrogens is 148 g/mol. The van der Waals surface area contributed by atoms with Gasteiger partial charge in [-0.3, -0.25) is 4.74 Å². The van der Waals surface area contributed by atoms with Crippen molar-refractivity contribution in [2.75, 3.05) is 5.88 Å². The van der Waals surface area contributed by atoms with E-state index in [-0.39, 0.29) is 11.8 Å². The summed E-state index contributed by atoms with van der Waals surface area (Å²) < 4.78 is 8.78. The van der Waals surface area contributed by atoms with Crippen LogP contribution in [0.5, 0.6) is 0 Å². The van der Waals surface area contributed by atoms with Gasteiger partial charge in [0.1, 0.15) is 0 Å². The minimum Gasteiger partial charge on any atom is -0.433 e. The van der Waals surface area contributed by atoms with Gasteiger partial charge in [-0.25, -0.2) is 0 Å². The summed E-state index contributed by atoms with van der Waals surface area (Å²) in [6.07, 6.45) is 1.20. The van der Waals surface area contributed by atoms with Crippen LogP contribution in [0.15, 0.2) is 12.8 Å². The number of rotatable bonds is 2. The quantitative estimate of drug-likeness (QED) is 0.193. The highest BCUT2D eigenvalue weighted by Crippen LogP contribution is 1.82. The Morgan fingerprint density at radius 3 is 2.75 bits per heavy atom. The fraction of sp³-hybridized carbons (Fsp3) is 0.250. The van der Waals surface area contributed by atoms with Crippen molar-refractivity contribution in [1.82, 2.24) is 0 Å². The molecule has 0 aliphatic carbocycles. The summed E-state index contributed by atoms with van der Waals surface area (Å²) in [5, 5.41) is 0. The van der Waals surface area contributed by atoms with E-state index in [1.807, 2.05) is 0 Å². The summed E-state index contributed by atoms with van der Waals surface area (Å²) in [7, 11) is 0. The maximum atomic E-state index is 5.24. The second kappa shape index (κ2) is 4.87. The highest BCUT2D eigenvalue weighted by atomic mass is 35.5. The Morgan fingerprint density at radius 1 is 2.00 bits per heavy atom. The largest absolute Gasteiger partial charge is 0.489 e. The van der Waals surface area contributed by atoms with E-state index in [4.69, 9.17) is 11.6 Å². The summed E-state index contributed by atoms with van der Waals surface area (Å²) in [4.78, 5) is 0. The smallest absolute Gasteiger partial charge is 0.433 e. The number of halogens is 1. The number of hydrogen-bond acceptors (Lipinski definition) is 2. The maximum absolute atomic E-state index is 5.24. The van der Waals surface area contributed by atoms with Crippen molar-refractivity contribution >= 4 is 30.5 Å². The van der Waals surface area contributed by atoms with E-state index in [0.29, 0.717) is 0 Å². The molecule has 4 heteroatoms. The molecule has 0 radical (unpaired) electrons. The van der Waals surface area contributed by atoms with Crippen molar-refractivity contribution in [2.24, 2.45) is 0 Å². The number of carbonyl (C=O) groups excluding carboxylic acids is 1. The van der Waals surface area contributed by atoms with Crippen LogP contribution >= 0.6 is 11.6 Å². The van der Waals surface area contributed by atoms with Crippen molar-refractivity contribution in [3.05, 3.63) is 12.8 Å². The molecule has 0 atom stereocenters. The van der Waals surface area contributed by atoms with Crippen molar-refractivity contribution < 1.29 is 8.61 Å². The third-order valence-corrected chi connectivity index (χ3v) is 0.821. The molecule has 0 aliphatic heterocycles. The molecule has 0 aromatic carbocycles. The highest BCUT2D eigenvalue weighted by Gasteiger charge is 2.04. The van der Waals surface area contributed by atoms with Crippen molar-refractivity contribution in [3.8, 4) is 0 Å². The molecule has 0 saturated carbocycles. The molecule has 8 heavy (non-hydrogen) atoms. The minimum atomic E-state index is 0.134. The molecule has 0 bridgehead atoms. The van der Waals surface area contributed by atoms with Gasteiger partial charge in [-0.2, -0.15) is 0 Å². The molecule has 0 rings (SSSR count). The van der Waals surface area contributed by atoms with Gasteiger partial charge in [0.05, 0.1) is 0 Å². The van der Waals surface area contributed by atoms with E-state index in [0.717, 1.165) is 0 Å². The van der Waals surface area contributed by atoms with Crippen molar-refractivity contribution in [1.29, 1.82) is 0 Å². The summed E-state index contributed by atoms with van der Waals surface area (Å²) in [6.45, 7) is 3.27. The maximum Gasteiger partial charge on any atom is 0.489 e. The molecule has 0 aromatic rings.